The van der Waals surface area contributed by atoms with Crippen molar-refractivity contribution in [2.45, 2.75) is 90.3 Å². The van der Waals surface area contributed by atoms with Gasteiger partial charge in [-0.15, -0.1) is 0 Å². The number of hydrogen-bond acceptors (Lipinski definition) is 3. The Hall–Kier alpha value is -0.930. The maximum absolute atomic E-state index is 11.7. The summed E-state index contributed by atoms with van der Waals surface area (Å²) >= 11 is 0. The van der Waals surface area contributed by atoms with Crippen LogP contribution in [-0.4, -0.2) is 21.3 Å². The zero-order valence-corrected chi connectivity index (χ0v) is 18.5. The van der Waals surface area contributed by atoms with Crippen molar-refractivity contribution in [2.75, 3.05) is 0 Å². The number of pyridine rings is 1. The smallest absolute Gasteiger partial charge is 0.107 e. The van der Waals surface area contributed by atoms with Crippen LogP contribution in [0.15, 0.2) is 24.4 Å². The monoisotopic (exact) mass is 397 g/mol. The predicted molar refractivity (Wildman–Crippen MR) is 115 cm³/mol. The highest BCUT2D eigenvalue weighted by atomic mass is 16.3. The molecule has 0 unspecified atom stereocenters. The first-order valence-corrected chi connectivity index (χ1v) is 12.1. The molecule has 1 heterocycles. The van der Waals surface area contributed by atoms with E-state index in [1.165, 1.54) is 38.5 Å². The lowest BCUT2D eigenvalue weighted by molar-refractivity contribution is -0.145. The molecule has 2 N–H and O–H groups in total. The van der Waals surface area contributed by atoms with Gasteiger partial charge in [-0.1, -0.05) is 19.9 Å². The summed E-state index contributed by atoms with van der Waals surface area (Å²) < 4.78 is 0. The van der Waals surface area contributed by atoms with E-state index in [0.717, 1.165) is 42.7 Å². The van der Waals surface area contributed by atoms with Crippen LogP contribution in [0.3, 0.4) is 0 Å². The second-order valence-electron chi connectivity index (χ2n) is 11.6. The number of aromatic nitrogens is 1. The van der Waals surface area contributed by atoms with Gasteiger partial charge >= 0.3 is 0 Å². The highest BCUT2D eigenvalue weighted by Crippen LogP contribution is 2.69. The molecule has 4 aliphatic rings. The van der Waals surface area contributed by atoms with E-state index in [1.807, 2.05) is 31.3 Å². The van der Waals surface area contributed by atoms with E-state index in [1.54, 1.807) is 0 Å². The van der Waals surface area contributed by atoms with Gasteiger partial charge in [0.05, 0.1) is 11.8 Å². The van der Waals surface area contributed by atoms with E-state index in [9.17, 15) is 10.2 Å². The first-order valence-electron chi connectivity index (χ1n) is 12.1. The first kappa shape index (κ1) is 20.0. The van der Waals surface area contributed by atoms with Crippen LogP contribution in [0.1, 0.15) is 84.3 Å². The Balaban J connectivity index is 1.43. The zero-order chi connectivity index (χ0) is 20.4. The van der Waals surface area contributed by atoms with Crippen LogP contribution in [0.25, 0.3) is 0 Å². The fourth-order valence-corrected chi connectivity index (χ4v) is 9.00. The predicted octanol–water partition coefficient (Wildman–Crippen LogP) is 5.31. The third-order valence-electron chi connectivity index (χ3n) is 10.5. The lowest BCUT2D eigenvalue weighted by Gasteiger charge is -2.61. The molecule has 0 aromatic carbocycles. The summed E-state index contributed by atoms with van der Waals surface area (Å²) in [4.78, 5) is 4.54. The Morgan fingerprint density at radius 3 is 2.48 bits per heavy atom. The molecule has 0 radical (unpaired) electrons. The van der Waals surface area contributed by atoms with Gasteiger partial charge in [-0.3, -0.25) is 4.98 Å². The third-order valence-corrected chi connectivity index (χ3v) is 10.5. The SMILES string of the molecule is C[C@]12CC[C@H](O)C[C@@H]1CC[C@@H]1[C@@H]2CC[C@@]2(C)[C@H]1CC[C@@H]2[C@@](C)(O)c1ccccn1. The van der Waals surface area contributed by atoms with E-state index in [-0.39, 0.29) is 17.4 Å². The van der Waals surface area contributed by atoms with Crippen molar-refractivity contribution in [1.29, 1.82) is 0 Å². The molecule has 0 saturated heterocycles. The highest BCUT2D eigenvalue weighted by molar-refractivity contribution is 5.19. The highest BCUT2D eigenvalue weighted by Gasteiger charge is 2.62. The van der Waals surface area contributed by atoms with Crippen molar-refractivity contribution in [2.24, 2.45) is 40.4 Å². The summed E-state index contributed by atoms with van der Waals surface area (Å²) in [6, 6.07) is 5.94. The number of nitrogens with zero attached hydrogens (tertiary/aromatic N) is 1. The van der Waals surface area contributed by atoms with Gasteiger partial charge in [0.2, 0.25) is 0 Å². The Labute approximate surface area is 176 Å². The maximum atomic E-state index is 11.7. The quantitative estimate of drug-likeness (QED) is 0.711. The molecule has 0 aliphatic heterocycles. The van der Waals surface area contributed by atoms with Crippen LogP contribution in [0.2, 0.25) is 0 Å². The number of rotatable bonds is 2. The van der Waals surface area contributed by atoms with Gasteiger partial charge in [0.25, 0.3) is 0 Å². The molecule has 5 rings (SSSR count). The van der Waals surface area contributed by atoms with Crippen LogP contribution in [0.5, 0.6) is 0 Å². The van der Waals surface area contributed by atoms with Crippen LogP contribution in [-0.2, 0) is 5.60 Å². The van der Waals surface area contributed by atoms with Gasteiger partial charge < -0.3 is 10.2 Å². The average Bonchev–Trinajstić information content (AvgIpc) is 3.07. The molecule has 3 nitrogen and oxygen atoms in total. The van der Waals surface area contributed by atoms with Crippen molar-refractivity contribution in [1.82, 2.24) is 4.98 Å². The standard InChI is InChI=1S/C26H39NO2/c1-24-13-11-18(28)16-17(24)7-8-19-20-9-10-22(25(20,2)14-12-21(19)24)26(3,29)23-6-4-5-15-27-23/h4-6,15,17-22,28-29H,7-14,16H2,1-3H3/t17-,18-,19-,20-,21-,22-,24-,25-,26+/m0/s1. The third kappa shape index (κ3) is 2.86. The van der Waals surface area contributed by atoms with E-state index >= 15 is 0 Å². The Morgan fingerprint density at radius 2 is 1.72 bits per heavy atom. The second-order valence-corrected chi connectivity index (χ2v) is 11.6. The lowest BCUT2D eigenvalue weighted by Crippen LogP contribution is -2.55. The van der Waals surface area contributed by atoms with Crippen molar-refractivity contribution in [3.8, 4) is 0 Å². The molecule has 1 aromatic heterocycles. The summed E-state index contributed by atoms with van der Waals surface area (Å²) in [7, 11) is 0. The topological polar surface area (TPSA) is 53.4 Å². The fraction of sp³-hybridized carbons (Fsp3) is 0.808. The Bertz CT molecular complexity index is 748. The molecule has 4 saturated carbocycles. The normalized spacial score (nSPS) is 48.9. The van der Waals surface area contributed by atoms with Gasteiger partial charge in [-0.05, 0) is 117 Å². The molecule has 0 amide bonds. The number of fused-ring (bicyclic) bond motifs is 5. The molecule has 1 aromatic rings. The van der Waals surface area contributed by atoms with E-state index in [0.29, 0.717) is 11.3 Å². The van der Waals surface area contributed by atoms with Crippen LogP contribution in [0.4, 0.5) is 0 Å². The molecule has 4 aliphatic carbocycles. The summed E-state index contributed by atoms with van der Waals surface area (Å²) in [6.45, 7) is 7.06. The minimum Gasteiger partial charge on any atom is -0.393 e. The number of aliphatic hydroxyl groups excluding tert-OH is 1. The van der Waals surface area contributed by atoms with E-state index in [2.05, 4.69) is 18.8 Å². The largest absolute Gasteiger partial charge is 0.393 e. The minimum atomic E-state index is -0.854. The first-order chi connectivity index (χ1) is 13.8. The summed E-state index contributed by atoms with van der Waals surface area (Å²) in [5.41, 5.74) is 0.615. The Morgan fingerprint density at radius 1 is 0.966 bits per heavy atom. The lowest BCUT2D eigenvalue weighted by atomic mass is 9.44. The maximum Gasteiger partial charge on any atom is 0.107 e. The molecular formula is C26H39NO2. The van der Waals surface area contributed by atoms with E-state index in [4.69, 9.17) is 0 Å². The van der Waals surface area contributed by atoms with Crippen LogP contribution >= 0.6 is 0 Å². The van der Waals surface area contributed by atoms with Gasteiger partial charge in [0, 0.05) is 6.20 Å². The number of hydrogen-bond donors (Lipinski definition) is 2. The van der Waals surface area contributed by atoms with Gasteiger partial charge in [0.15, 0.2) is 0 Å². The summed E-state index contributed by atoms with van der Waals surface area (Å²) in [6.07, 6.45) is 12.5. The molecule has 3 heteroatoms. The molecule has 160 valence electrons. The fourth-order valence-electron chi connectivity index (χ4n) is 9.00. The van der Waals surface area contributed by atoms with Gasteiger partial charge in [0.1, 0.15) is 5.60 Å². The molecule has 29 heavy (non-hydrogen) atoms. The second kappa shape index (κ2) is 6.79. The van der Waals surface area contributed by atoms with Crippen LogP contribution < -0.4 is 0 Å². The van der Waals surface area contributed by atoms with Crippen LogP contribution in [0, 0.1) is 40.4 Å². The zero-order valence-electron chi connectivity index (χ0n) is 18.5. The van der Waals surface area contributed by atoms with Crippen molar-refractivity contribution < 1.29 is 10.2 Å². The average molecular weight is 398 g/mol. The molecular weight excluding hydrogens is 358 g/mol. The Kier molecular flexibility index (Phi) is 4.68. The number of aliphatic hydroxyl groups is 2. The summed E-state index contributed by atoms with van der Waals surface area (Å²) in [5.74, 6) is 3.34. The minimum absolute atomic E-state index is 0.0668. The molecule has 9 atom stereocenters. The summed E-state index contributed by atoms with van der Waals surface area (Å²) in [5, 5.41) is 21.9. The van der Waals surface area contributed by atoms with Gasteiger partial charge in [-0.25, -0.2) is 0 Å². The molecule has 0 spiro atoms. The van der Waals surface area contributed by atoms with Crippen molar-refractivity contribution in [3.63, 3.8) is 0 Å². The van der Waals surface area contributed by atoms with E-state index < -0.39 is 5.60 Å². The van der Waals surface area contributed by atoms with Crippen molar-refractivity contribution in [3.05, 3.63) is 30.1 Å². The molecule has 4 fully saturated rings. The van der Waals surface area contributed by atoms with Crippen molar-refractivity contribution >= 4 is 0 Å². The van der Waals surface area contributed by atoms with Gasteiger partial charge in [-0.2, -0.15) is 0 Å². The molecule has 0 bridgehead atoms.